The van der Waals surface area contributed by atoms with E-state index in [9.17, 15) is 15.0 Å². The molecule has 3 N–H and O–H groups in total. The van der Waals surface area contributed by atoms with Crippen LogP contribution in [-0.4, -0.2) is 35.4 Å². The number of rotatable bonds is 7. The van der Waals surface area contributed by atoms with Crippen molar-refractivity contribution in [3.05, 3.63) is 29.8 Å². The number of carbonyl (C=O) groups excluding carboxylic acids is 1. The molecule has 6 nitrogen and oxygen atoms in total. The molecule has 0 spiro atoms. The number of ether oxygens (including phenoxy) is 1. The standard InChI is InChI=1S/C14H18N2O4/c1-10(17)16-9-13(18)14(19)11-3-5-12(6-4-11)20-8-2-7-15/h3-6,13-14,18-19H,2,8-9H2,1H3,(H,16,17). The second kappa shape index (κ2) is 8.15. The zero-order valence-corrected chi connectivity index (χ0v) is 11.2. The van der Waals surface area contributed by atoms with Crippen molar-refractivity contribution in [3.8, 4) is 11.8 Å². The molecular formula is C14H18N2O4. The maximum absolute atomic E-state index is 10.7. The van der Waals surface area contributed by atoms with Crippen molar-refractivity contribution in [2.45, 2.75) is 25.6 Å². The SMILES string of the molecule is CC(=O)NCC(O)C(O)c1ccc(OCCC#N)cc1. The van der Waals surface area contributed by atoms with E-state index in [1.165, 1.54) is 6.92 Å². The largest absolute Gasteiger partial charge is 0.493 e. The van der Waals surface area contributed by atoms with Crippen LogP contribution in [0.2, 0.25) is 0 Å². The number of nitrogens with one attached hydrogen (secondary N) is 1. The Hall–Kier alpha value is -2.10. The number of hydrogen-bond donors (Lipinski definition) is 3. The lowest BCUT2D eigenvalue weighted by atomic mass is 10.0. The Balaban J connectivity index is 2.54. The highest BCUT2D eigenvalue weighted by Gasteiger charge is 2.18. The molecule has 0 aromatic heterocycles. The second-order valence-corrected chi connectivity index (χ2v) is 4.27. The first-order chi connectivity index (χ1) is 9.54. The molecule has 0 bridgehead atoms. The summed E-state index contributed by atoms with van der Waals surface area (Å²) in [5, 5.41) is 30.5. The van der Waals surface area contributed by atoms with Crippen molar-refractivity contribution >= 4 is 5.91 Å². The molecule has 2 atom stereocenters. The normalized spacial score (nSPS) is 13.1. The molecule has 0 aliphatic rings. The van der Waals surface area contributed by atoms with Gasteiger partial charge in [0.05, 0.1) is 12.5 Å². The lowest BCUT2D eigenvalue weighted by Crippen LogP contribution is -2.34. The third kappa shape index (κ3) is 5.26. The highest BCUT2D eigenvalue weighted by Crippen LogP contribution is 2.20. The number of nitriles is 1. The van der Waals surface area contributed by atoms with E-state index in [2.05, 4.69) is 5.32 Å². The molecule has 108 valence electrons. The van der Waals surface area contributed by atoms with Gasteiger partial charge in [-0.2, -0.15) is 5.26 Å². The molecule has 0 saturated heterocycles. The minimum atomic E-state index is -1.09. The fourth-order valence-corrected chi connectivity index (χ4v) is 1.56. The van der Waals surface area contributed by atoms with Crippen LogP contribution in [0.4, 0.5) is 0 Å². The van der Waals surface area contributed by atoms with E-state index in [-0.39, 0.29) is 12.5 Å². The van der Waals surface area contributed by atoms with Crippen LogP contribution in [0.5, 0.6) is 5.75 Å². The van der Waals surface area contributed by atoms with Gasteiger partial charge in [-0.05, 0) is 17.7 Å². The predicted octanol–water partition coefficient (Wildman–Crippen LogP) is 0.509. The van der Waals surface area contributed by atoms with E-state index in [0.29, 0.717) is 24.3 Å². The molecular weight excluding hydrogens is 260 g/mol. The summed E-state index contributed by atoms with van der Waals surface area (Å²) >= 11 is 0. The number of nitrogens with zero attached hydrogens (tertiary/aromatic N) is 1. The highest BCUT2D eigenvalue weighted by molar-refractivity contribution is 5.72. The molecule has 1 aromatic rings. The van der Waals surface area contributed by atoms with Gasteiger partial charge in [0, 0.05) is 13.5 Å². The van der Waals surface area contributed by atoms with E-state index in [4.69, 9.17) is 10.00 Å². The first-order valence-electron chi connectivity index (χ1n) is 6.25. The van der Waals surface area contributed by atoms with Gasteiger partial charge in [0.1, 0.15) is 24.6 Å². The zero-order valence-electron chi connectivity index (χ0n) is 11.2. The lowest BCUT2D eigenvalue weighted by Gasteiger charge is -2.18. The summed E-state index contributed by atoms with van der Waals surface area (Å²) in [6.45, 7) is 1.63. The molecule has 1 amide bonds. The van der Waals surface area contributed by atoms with E-state index in [1.807, 2.05) is 6.07 Å². The van der Waals surface area contributed by atoms with Crippen molar-refractivity contribution in [2.24, 2.45) is 0 Å². The fraction of sp³-hybridized carbons (Fsp3) is 0.429. The Morgan fingerprint density at radius 1 is 1.40 bits per heavy atom. The van der Waals surface area contributed by atoms with Gasteiger partial charge in [-0.25, -0.2) is 0 Å². The summed E-state index contributed by atoms with van der Waals surface area (Å²) < 4.78 is 5.30. The topological polar surface area (TPSA) is 103 Å². The summed E-state index contributed by atoms with van der Waals surface area (Å²) in [4.78, 5) is 10.7. The van der Waals surface area contributed by atoms with Crippen LogP contribution in [0.25, 0.3) is 0 Å². The minimum absolute atomic E-state index is 0.0169. The third-order valence-electron chi connectivity index (χ3n) is 2.63. The van der Waals surface area contributed by atoms with Crippen LogP contribution >= 0.6 is 0 Å². The van der Waals surface area contributed by atoms with Crippen LogP contribution < -0.4 is 10.1 Å². The Morgan fingerprint density at radius 3 is 2.60 bits per heavy atom. The second-order valence-electron chi connectivity index (χ2n) is 4.27. The zero-order chi connectivity index (χ0) is 15.0. The number of aliphatic hydroxyl groups excluding tert-OH is 2. The third-order valence-corrected chi connectivity index (χ3v) is 2.63. The van der Waals surface area contributed by atoms with Gasteiger partial charge < -0.3 is 20.3 Å². The Labute approximate surface area is 117 Å². The van der Waals surface area contributed by atoms with E-state index >= 15 is 0 Å². The van der Waals surface area contributed by atoms with Gasteiger partial charge in [-0.3, -0.25) is 4.79 Å². The maximum atomic E-state index is 10.7. The number of carbonyl (C=O) groups is 1. The molecule has 0 aliphatic carbocycles. The Kier molecular flexibility index (Phi) is 6.50. The molecule has 1 rings (SSSR count). The van der Waals surface area contributed by atoms with Crippen LogP contribution in [0.3, 0.4) is 0 Å². The molecule has 2 unspecified atom stereocenters. The minimum Gasteiger partial charge on any atom is -0.493 e. The van der Waals surface area contributed by atoms with Gasteiger partial charge in [0.2, 0.25) is 5.91 Å². The molecule has 6 heteroatoms. The van der Waals surface area contributed by atoms with E-state index < -0.39 is 12.2 Å². The lowest BCUT2D eigenvalue weighted by molar-refractivity contribution is -0.119. The van der Waals surface area contributed by atoms with E-state index in [1.54, 1.807) is 24.3 Å². The van der Waals surface area contributed by atoms with Crippen molar-refractivity contribution in [2.75, 3.05) is 13.2 Å². The average molecular weight is 278 g/mol. The summed E-state index contributed by atoms with van der Waals surface area (Å²) in [7, 11) is 0. The number of hydrogen-bond acceptors (Lipinski definition) is 5. The van der Waals surface area contributed by atoms with Crippen LogP contribution in [0.1, 0.15) is 25.0 Å². The smallest absolute Gasteiger partial charge is 0.216 e. The molecule has 1 aromatic carbocycles. The van der Waals surface area contributed by atoms with Crippen molar-refractivity contribution in [1.82, 2.24) is 5.32 Å². The fourth-order valence-electron chi connectivity index (χ4n) is 1.56. The van der Waals surface area contributed by atoms with Crippen LogP contribution in [-0.2, 0) is 4.79 Å². The average Bonchev–Trinajstić information content (AvgIpc) is 2.45. The monoisotopic (exact) mass is 278 g/mol. The molecule has 0 radical (unpaired) electrons. The molecule has 20 heavy (non-hydrogen) atoms. The Bertz CT molecular complexity index is 467. The number of amides is 1. The summed E-state index contributed by atoms with van der Waals surface area (Å²) in [6.07, 6.45) is -1.86. The van der Waals surface area contributed by atoms with Gasteiger partial charge in [0.25, 0.3) is 0 Å². The van der Waals surface area contributed by atoms with Gasteiger partial charge in [-0.15, -0.1) is 0 Å². The first-order valence-corrected chi connectivity index (χ1v) is 6.25. The highest BCUT2D eigenvalue weighted by atomic mass is 16.5. The molecule has 0 heterocycles. The van der Waals surface area contributed by atoms with Crippen molar-refractivity contribution in [1.29, 1.82) is 5.26 Å². The van der Waals surface area contributed by atoms with Crippen LogP contribution in [0, 0.1) is 11.3 Å². The molecule has 0 aliphatic heterocycles. The van der Waals surface area contributed by atoms with Crippen molar-refractivity contribution in [3.63, 3.8) is 0 Å². The predicted molar refractivity (Wildman–Crippen MR) is 71.8 cm³/mol. The quantitative estimate of drug-likeness (QED) is 0.631. The van der Waals surface area contributed by atoms with E-state index in [0.717, 1.165) is 0 Å². The number of aliphatic hydroxyl groups is 2. The summed E-state index contributed by atoms with van der Waals surface area (Å²) in [5.74, 6) is 0.324. The first kappa shape index (κ1) is 16.0. The van der Waals surface area contributed by atoms with Gasteiger partial charge in [-0.1, -0.05) is 12.1 Å². The Morgan fingerprint density at radius 2 is 2.05 bits per heavy atom. The van der Waals surface area contributed by atoms with Crippen molar-refractivity contribution < 1.29 is 19.7 Å². The maximum Gasteiger partial charge on any atom is 0.216 e. The molecule has 0 fully saturated rings. The number of benzene rings is 1. The van der Waals surface area contributed by atoms with Gasteiger partial charge >= 0.3 is 0 Å². The summed E-state index contributed by atoms with van der Waals surface area (Å²) in [5.41, 5.74) is 0.524. The molecule has 0 saturated carbocycles. The van der Waals surface area contributed by atoms with Crippen LogP contribution in [0.15, 0.2) is 24.3 Å². The summed E-state index contributed by atoms with van der Waals surface area (Å²) in [6, 6.07) is 8.54. The van der Waals surface area contributed by atoms with Gasteiger partial charge in [0.15, 0.2) is 0 Å².